The Hall–Kier alpha value is -2.51. The lowest BCUT2D eigenvalue weighted by atomic mass is 10.1. The minimum absolute atomic E-state index is 0.243. The first-order valence-corrected chi connectivity index (χ1v) is 9.01. The lowest BCUT2D eigenvalue weighted by molar-refractivity contribution is 0.0398. The van der Waals surface area contributed by atoms with Crippen molar-refractivity contribution < 1.29 is 9.53 Å². The molecule has 1 aliphatic rings. The number of aryl methyl sites for hydroxylation is 1. The van der Waals surface area contributed by atoms with E-state index in [1.807, 2.05) is 24.3 Å². The number of nitrogens with zero attached hydrogens (tertiary/aromatic N) is 3. The molecule has 2 heterocycles. The standard InChI is InChI=1S/C19H25N5O2/c1-2-15-3-5-16(6-4-15)23-19(25)17-13-18(22-14-21-17)20-7-8-24-9-11-26-12-10-24/h3-6,13-14H,2,7-12H2,1H3,(H,23,25)(H,20,21,22). The number of carbonyl (C=O) groups excluding carboxylic acids is 1. The van der Waals surface area contributed by atoms with Gasteiger partial charge in [0.25, 0.3) is 5.91 Å². The minimum atomic E-state index is -0.243. The molecular weight excluding hydrogens is 330 g/mol. The second-order valence-corrected chi connectivity index (χ2v) is 6.17. The third-order valence-corrected chi connectivity index (χ3v) is 4.36. The van der Waals surface area contributed by atoms with Crippen LogP contribution in [0.4, 0.5) is 11.5 Å². The molecule has 1 aliphatic heterocycles. The second kappa shape index (κ2) is 9.26. The molecule has 0 aliphatic carbocycles. The van der Waals surface area contributed by atoms with Crippen LogP contribution >= 0.6 is 0 Å². The molecule has 1 aromatic carbocycles. The number of benzene rings is 1. The monoisotopic (exact) mass is 355 g/mol. The highest BCUT2D eigenvalue weighted by molar-refractivity contribution is 6.03. The van der Waals surface area contributed by atoms with Crippen molar-refractivity contribution in [2.75, 3.05) is 50.0 Å². The number of hydrogen-bond acceptors (Lipinski definition) is 6. The number of ether oxygens (including phenoxy) is 1. The Morgan fingerprint density at radius 3 is 2.69 bits per heavy atom. The highest BCUT2D eigenvalue weighted by Gasteiger charge is 2.11. The van der Waals surface area contributed by atoms with Crippen molar-refractivity contribution in [3.8, 4) is 0 Å². The maximum absolute atomic E-state index is 12.4. The van der Waals surface area contributed by atoms with Gasteiger partial charge < -0.3 is 15.4 Å². The first-order chi connectivity index (χ1) is 12.7. The summed E-state index contributed by atoms with van der Waals surface area (Å²) >= 11 is 0. The van der Waals surface area contributed by atoms with Crippen molar-refractivity contribution in [3.63, 3.8) is 0 Å². The fourth-order valence-corrected chi connectivity index (χ4v) is 2.76. The molecule has 2 aromatic rings. The molecule has 3 rings (SSSR count). The molecular formula is C19H25N5O2. The van der Waals surface area contributed by atoms with Gasteiger partial charge in [-0.05, 0) is 24.1 Å². The number of morpholine rings is 1. The topological polar surface area (TPSA) is 79.4 Å². The Morgan fingerprint density at radius 2 is 1.96 bits per heavy atom. The molecule has 0 saturated carbocycles. The second-order valence-electron chi connectivity index (χ2n) is 6.17. The summed E-state index contributed by atoms with van der Waals surface area (Å²) in [7, 11) is 0. The minimum Gasteiger partial charge on any atom is -0.379 e. The van der Waals surface area contributed by atoms with E-state index < -0.39 is 0 Å². The zero-order chi connectivity index (χ0) is 18.2. The maximum Gasteiger partial charge on any atom is 0.274 e. The Labute approximate surface area is 153 Å². The van der Waals surface area contributed by atoms with Crippen LogP contribution in [0.5, 0.6) is 0 Å². The van der Waals surface area contributed by atoms with E-state index in [1.165, 1.54) is 11.9 Å². The van der Waals surface area contributed by atoms with E-state index in [0.717, 1.165) is 51.5 Å². The van der Waals surface area contributed by atoms with Gasteiger partial charge >= 0.3 is 0 Å². The average molecular weight is 355 g/mol. The van der Waals surface area contributed by atoms with Gasteiger partial charge in [0.15, 0.2) is 0 Å². The van der Waals surface area contributed by atoms with Crippen molar-refractivity contribution in [3.05, 3.63) is 47.9 Å². The summed E-state index contributed by atoms with van der Waals surface area (Å²) in [5.41, 5.74) is 2.33. The van der Waals surface area contributed by atoms with Crippen molar-refractivity contribution in [2.45, 2.75) is 13.3 Å². The Kier molecular flexibility index (Phi) is 6.51. The van der Waals surface area contributed by atoms with Crippen LogP contribution in [-0.4, -0.2) is 60.2 Å². The van der Waals surface area contributed by atoms with Gasteiger partial charge in [-0.3, -0.25) is 9.69 Å². The third kappa shape index (κ3) is 5.24. The lowest BCUT2D eigenvalue weighted by Crippen LogP contribution is -2.39. The van der Waals surface area contributed by atoms with Crippen LogP contribution in [0.2, 0.25) is 0 Å². The summed E-state index contributed by atoms with van der Waals surface area (Å²) in [5.74, 6) is 0.410. The molecule has 2 N–H and O–H groups in total. The lowest BCUT2D eigenvalue weighted by Gasteiger charge is -2.26. The summed E-state index contributed by atoms with van der Waals surface area (Å²) in [6, 6.07) is 9.50. The van der Waals surface area contributed by atoms with Gasteiger partial charge in [-0.2, -0.15) is 0 Å². The number of rotatable bonds is 7. The molecule has 7 nitrogen and oxygen atoms in total. The van der Waals surface area contributed by atoms with Gasteiger partial charge in [0.05, 0.1) is 13.2 Å². The van der Waals surface area contributed by atoms with Gasteiger partial charge in [0.2, 0.25) is 0 Å². The summed E-state index contributed by atoms with van der Waals surface area (Å²) in [6.45, 7) is 7.26. The zero-order valence-corrected chi connectivity index (χ0v) is 15.1. The molecule has 138 valence electrons. The van der Waals surface area contributed by atoms with Crippen LogP contribution in [0.15, 0.2) is 36.7 Å². The van der Waals surface area contributed by atoms with E-state index in [2.05, 4.69) is 32.4 Å². The Morgan fingerprint density at radius 1 is 1.19 bits per heavy atom. The molecule has 1 amide bonds. The molecule has 1 saturated heterocycles. The molecule has 0 bridgehead atoms. The molecule has 26 heavy (non-hydrogen) atoms. The molecule has 0 unspecified atom stereocenters. The van der Waals surface area contributed by atoms with E-state index in [9.17, 15) is 4.79 Å². The molecule has 0 spiro atoms. The predicted molar refractivity (Wildman–Crippen MR) is 102 cm³/mol. The quantitative estimate of drug-likeness (QED) is 0.791. The number of anilines is 2. The van der Waals surface area contributed by atoms with E-state index in [1.54, 1.807) is 6.07 Å². The maximum atomic E-state index is 12.4. The summed E-state index contributed by atoms with van der Waals surface area (Å²) < 4.78 is 5.34. The van der Waals surface area contributed by atoms with Gasteiger partial charge in [-0.15, -0.1) is 0 Å². The summed E-state index contributed by atoms with van der Waals surface area (Å²) in [4.78, 5) is 23.0. The first kappa shape index (κ1) is 18.3. The van der Waals surface area contributed by atoms with E-state index in [-0.39, 0.29) is 5.91 Å². The van der Waals surface area contributed by atoms with Gasteiger partial charge in [0, 0.05) is 37.9 Å². The number of carbonyl (C=O) groups is 1. The number of aromatic nitrogens is 2. The van der Waals surface area contributed by atoms with Crippen LogP contribution in [0, 0.1) is 0 Å². The third-order valence-electron chi connectivity index (χ3n) is 4.36. The molecule has 1 aromatic heterocycles. The fourth-order valence-electron chi connectivity index (χ4n) is 2.76. The van der Waals surface area contributed by atoms with Crippen molar-refractivity contribution in [1.29, 1.82) is 0 Å². The number of nitrogens with one attached hydrogen (secondary N) is 2. The highest BCUT2D eigenvalue weighted by Crippen LogP contribution is 2.12. The van der Waals surface area contributed by atoms with Crippen LogP contribution in [0.25, 0.3) is 0 Å². The fraction of sp³-hybridized carbons (Fsp3) is 0.421. The highest BCUT2D eigenvalue weighted by atomic mass is 16.5. The van der Waals surface area contributed by atoms with Crippen LogP contribution in [0.3, 0.4) is 0 Å². The van der Waals surface area contributed by atoms with E-state index >= 15 is 0 Å². The van der Waals surface area contributed by atoms with Gasteiger partial charge in [-0.25, -0.2) is 9.97 Å². The smallest absolute Gasteiger partial charge is 0.274 e. The van der Waals surface area contributed by atoms with Crippen molar-refractivity contribution in [2.24, 2.45) is 0 Å². The van der Waals surface area contributed by atoms with E-state index in [4.69, 9.17) is 4.74 Å². The molecule has 0 radical (unpaired) electrons. The van der Waals surface area contributed by atoms with Crippen LogP contribution < -0.4 is 10.6 Å². The van der Waals surface area contributed by atoms with Gasteiger partial charge in [-0.1, -0.05) is 19.1 Å². The van der Waals surface area contributed by atoms with Crippen LogP contribution in [0.1, 0.15) is 23.0 Å². The number of amides is 1. The molecule has 0 atom stereocenters. The Bertz CT molecular complexity index is 714. The molecule has 7 heteroatoms. The Balaban J connectivity index is 1.52. The summed E-state index contributed by atoms with van der Waals surface area (Å²) in [6.07, 6.45) is 2.38. The predicted octanol–water partition coefficient (Wildman–Crippen LogP) is 2.04. The first-order valence-electron chi connectivity index (χ1n) is 9.01. The molecule has 1 fully saturated rings. The zero-order valence-electron chi connectivity index (χ0n) is 15.1. The summed E-state index contributed by atoms with van der Waals surface area (Å²) in [5, 5.41) is 6.12. The van der Waals surface area contributed by atoms with Crippen molar-refractivity contribution in [1.82, 2.24) is 14.9 Å². The van der Waals surface area contributed by atoms with Crippen molar-refractivity contribution >= 4 is 17.4 Å². The largest absolute Gasteiger partial charge is 0.379 e. The van der Waals surface area contributed by atoms with Crippen LogP contribution in [-0.2, 0) is 11.2 Å². The SMILES string of the molecule is CCc1ccc(NC(=O)c2cc(NCCN3CCOCC3)ncn2)cc1. The van der Waals surface area contributed by atoms with Gasteiger partial charge in [0.1, 0.15) is 17.8 Å². The average Bonchev–Trinajstić information content (AvgIpc) is 2.69. The number of hydrogen-bond donors (Lipinski definition) is 2. The van der Waals surface area contributed by atoms with E-state index in [0.29, 0.717) is 11.5 Å². The normalized spacial score (nSPS) is 14.8.